The lowest BCUT2D eigenvalue weighted by atomic mass is 10.1. The van der Waals surface area contributed by atoms with Crippen molar-refractivity contribution in [1.82, 2.24) is 0 Å². The minimum absolute atomic E-state index is 0.0630. The number of hydrogen-bond acceptors (Lipinski definition) is 2. The maximum atomic E-state index is 5.45. The second kappa shape index (κ2) is 2.27. The van der Waals surface area contributed by atoms with Crippen molar-refractivity contribution in [2.24, 2.45) is 0 Å². The first-order valence-corrected chi connectivity index (χ1v) is 3.36. The smallest absolute Gasteiger partial charge is 0.0860 e. The third kappa shape index (κ3) is 1.95. The molecule has 1 fully saturated rings. The van der Waals surface area contributed by atoms with Crippen molar-refractivity contribution < 1.29 is 9.47 Å². The largest absolute Gasteiger partial charge is 0.373 e. The Morgan fingerprint density at radius 3 is 2.44 bits per heavy atom. The summed E-state index contributed by atoms with van der Waals surface area (Å²) in [6.07, 6.45) is 0.276. The molecule has 0 radical (unpaired) electrons. The summed E-state index contributed by atoms with van der Waals surface area (Å²) in [5, 5.41) is 0. The van der Waals surface area contributed by atoms with Crippen molar-refractivity contribution in [2.45, 2.75) is 32.5 Å². The Morgan fingerprint density at radius 2 is 2.11 bits per heavy atom. The molecule has 1 atom stereocenters. The molecule has 0 aromatic carbocycles. The van der Waals surface area contributed by atoms with Crippen molar-refractivity contribution in [3.8, 4) is 0 Å². The van der Waals surface area contributed by atoms with Crippen LogP contribution in [-0.4, -0.2) is 24.9 Å². The molecule has 9 heavy (non-hydrogen) atoms. The number of hydrogen-bond donors (Lipinski definition) is 0. The lowest BCUT2D eigenvalue weighted by Crippen LogP contribution is -2.41. The molecule has 1 rings (SSSR count). The van der Waals surface area contributed by atoms with Crippen LogP contribution in [0.15, 0.2) is 0 Å². The average molecular weight is 130 g/mol. The summed E-state index contributed by atoms with van der Waals surface area (Å²) in [6.45, 7) is 7.55. The molecule has 2 heteroatoms. The number of rotatable bonds is 0. The third-order valence-corrected chi connectivity index (χ3v) is 1.42. The van der Waals surface area contributed by atoms with Crippen molar-refractivity contribution in [3.05, 3.63) is 0 Å². The van der Waals surface area contributed by atoms with E-state index in [1.807, 2.05) is 20.8 Å². The Bertz CT molecular complexity index is 89.1. The molecule has 1 heterocycles. The molecule has 0 aromatic rings. The molecule has 0 amide bonds. The van der Waals surface area contributed by atoms with E-state index < -0.39 is 0 Å². The second-order valence-electron chi connectivity index (χ2n) is 3.19. The monoisotopic (exact) mass is 130 g/mol. The predicted molar refractivity (Wildman–Crippen MR) is 35.4 cm³/mol. The van der Waals surface area contributed by atoms with Crippen LogP contribution in [0.5, 0.6) is 0 Å². The summed E-state index contributed by atoms with van der Waals surface area (Å²) >= 11 is 0. The molecule has 0 unspecified atom stereocenters. The summed E-state index contributed by atoms with van der Waals surface area (Å²) in [5.74, 6) is 0. The van der Waals surface area contributed by atoms with Crippen molar-refractivity contribution in [2.75, 3.05) is 13.2 Å². The van der Waals surface area contributed by atoms with Crippen LogP contribution in [0.4, 0.5) is 0 Å². The van der Waals surface area contributed by atoms with Gasteiger partial charge in [0.15, 0.2) is 0 Å². The SMILES string of the molecule is C[C@H]1COC(C)(C)CO1. The van der Waals surface area contributed by atoms with Crippen molar-refractivity contribution in [3.63, 3.8) is 0 Å². The molecule has 0 N–H and O–H groups in total. The first kappa shape index (κ1) is 7.03. The Labute approximate surface area is 56.2 Å². The summed E-state index contributed by atoms with van der Waals surface area (Å²) in [7, 11) is 0. The molecule has 0 aromatic heterocycles. The Kier molecular flexibility index (Phi) is 1.78. The fourth-order valence-corrected chi connectivity index (χ4v) is 0.776. The van der Waals surface area contributed by atoms with Crippen LogP contribution in [-0.2, 0) is 9.47 Å². The Balaban J connectivity index is 2.35. The van der Waals surface area contributed by atoms with Crippen molar-refractivity contribution >= 4 is 0 Å². The zero-order valence-electron chi connectivity index (χ0n) is 6.31. The molecule has 54 valence electrons. The van der Waals surface area contributed by atoms with Gasteiger partial charge in [0.25, 0.3) is 0 Å². The third-order valence-electron chi connectivity index (χ3n) is 1.42. The molecule has 1 aliphatic rings. The van der Waals surface area contributed by atoms with Gasteiger partial charge in [-0.2, -0.15) is 0 Å². The van der Waals surface area contributed by atoms with Crippen LogP contribution in [0.2, 0.25) is 0 Å². The standard InChI is InChI=1S/C7H14O2/c1-6-4-9-7(2,3)5-8-6/h6H,4-5H2,1-3H3/t6-/m0/s1. The molecule has 1 saturated heterocycles. The summed E-state index contributed by atoms with van der Waals surface area (Å²) < 4.78 is 10.8. The predicted octanol–water partition coefficient (Wildman–Crippen LogP) is 1.20. The first-order chi connectivity index (χ1) is 4.10. The van der Waals surface area contributed by atoms with E-state index in [1.54, 1.807) is 0 Å². The van der Waals surface area contributed by atoms with Crippen LogP contribution >= 0.6 is 0 Å². The van der Waals surface area contributed by atoms with Gasteiger partial charge in [-0.15, -0.1) is 0 Å². The van der Waals surface area contributed by atoms with Crippen LogP contribution in [0.25, 0.3) is 0 Å². The highest BCUT2D eigenvalue weighted by Crippen LogP contribution is 2.16. The average Bonchev–Trinajstić information content (AvgIpc) is 1.78. The Morgan fingerprint density at radius 1 is 1.44 bits per heavy atom. The highest BCUT2D eigenvalue weighted by molar-refractivity contribution is 4.72. The van der Waals surface area contributed by atoms with Gasteiger partial charge in [-0.3, -0.25) is 0 Å². The fourth-order valence-electron chi connectivity index (χ4n) is 0.776. The highest BCUT2D eigenvalue weighted by Gasteiger charge is 2.25. The van der Waals surface area contributed by atoms with E-state index in [2.05, 4.69) is 0 Å². The quantitative estimate of drug-likeness (QED) is 0.490. The molecular weight excluding hydrogens is 116 g/mol. The molecule has 0 saturated carbocycles. The molecule has 0 aliphatic carbocycles. The first-order valence-electron chi connectivity index (χ1n) is 3.36. The zero-order chi connectivity index (χ0) is 6.91. The van der Waals surface area contributed by atoms with Crippen LogP contribution in [0.3, 0.4) is 0 Å². The maximum Gasteiger partial charge on any atom is 0.0860 e. The van der Waals surface area contributed by atoms with E-state index in [4.69, 9.17) is 9.47 Å². The van der Waals surface area contributed by atoms with Gasteiger partial charge in [0.1, 0.15) is 0 Å². The van der Waals surface area contributed by atoms with E-state index in [-0.39, 0.29) is 11.7 Å². The summed E-state index contributed by atoms with van der Waals surface area (Å²) in [5.41, 5.74) is -0.0630. The lowest BCUT2D eigenvalue weighted by Gasteiger charge is -2.33. The number of ether oxygens (including phenoxy) is 2. The van der Waals surface area contributed by atoms with Gasteiger partial charge in [-0.05, 0) is 20.8 Å². The van der Waals surface area contributed by atoms with Gasteiger partial charge in [0.05, 0.1) is 24.9 Å². The highest BCUT2D eigenvalue weighted by atomic mass is 16.6. The molecule has 0 spiro atoms. The van der Waals surface area contributed by atoms with E-state index in [9.17, 15) is 0 Å². The van der Waals surface area contributed by atoms with Crippen LogP contribution in [0, 0.1) is 0 Å². The topological polar surface area (TPSA) is 18.5 Å². The van der Waals surface area contributed by atoms with E-state index in [0.29, 0.717) is 6.61 Å². The minimum Gasteiger partial charge on any atom is -0.373 e. The molecule has 0 bridgehead atoms. The van der Waals surface area contributed by atoms with Gasteiger partial charge < -0.3 is 9.47 Å². The molecular formula is C7H14O2. The normalized spacial score (nSPS) is 34.3. The lowest BCUT2D eigenvalue weighted by molar-refractivity contribution is -0.169. The van der Waals surface area contributed by atoms with Crippen molar-refractivity contribution in [1.29, 1.82) is 0 Å². The maximum absolute atomic E-state index is 5.45. The molecule has 1 aliphatic heterocycles. The van der Waals surface area contributed by atoms with Crippen LogP contribution < -0.4 is 0 Å². The Hall–Kier alpha value is -0.0800. The van der Waals surface area contributed by atoms with Gasteiger partial charge in [-0.1, -0.05) is 0 Å². The minimum atomic E-state index is -0.0630. The summed E-state index contributed by atoms with van der Waals surface area (Å²) in [4.78, 5) is 0. The van der Waals surface area contributed by atoms with E-state index >= 15 is 0 Å². The van der Waals surface area contributed by atoms with Gasteiger partial charge in [-0.25, -0.2) is 0 Å². The zero-order valence-corrected chi connectivity index (χ0v) is 6.31. The van der Waals surface area contributed by atoms with E-state index in [1.165, 1.54) is 0 Å². The van der Waals surface area contributed by atoms with Crippen LogP contribution in [0.1, 0.15) is 20.8 Å². The van der Waals surface area contributed by atoms with Gasteiger partial charge in [0.2, 0.25) is 0 Å². The fraction of sp³-hybridized carbons (Fsp3) is 1.00. The summed E-state index contributed by atoms with van der Waals surface area (Å²) in [6, 6.07) is 0. The van der Waals surface area contributed by atoms with Gasteiger partial charge >= 0.3 is 0 Å². The second-order valence-corrected chi connectivity index (χ2v) is 3.19. The molecule has 2 nitrogen and oxygen atoms in total. The van der Waals surface area contributed by atoms with Gasteiger partial charge in [0, 0.05) is 0 Å². The van der Waals surface area contributed by atoms with E-state index in [0.717, 1.165) is 6.61 Å².